The Morgan fingerprint density at radius 1 is 1.04 bits per heavy atom. The zero-order valence-corrected chi connectivity index (χ0v) is 15.4. The van der Waals surface area contributed by atoms with Crippen molar-refractivity contribution in [2.45, 2.75) is 44.6 Å². The van der Waals surface area contributed by atoms with E-state index in [2.05, 4.69) is 22.2 Å². The van der Waals surface area contributed by atoms with Crippen LogP contribution < -0.4 is 10.1 Å². The minimum absolute atomic E-state index is 0.0749. The van der Waals surface area contributed by atoms with Crippen LogP contribution >= 0.6 is 0 Å². The highest BCUT2D eigenvalue weighted by molar-refractivity contribution is 5.92. The van der Waals surface area contributed by atoms with Crippen LogP contribution in [-0.4, -0.2) is 61.6 Å². The summed E-state index contributed by atoms with van der Waals surface area (Å²) in [5.41, 5.74) is 0.843. The molecule has 2 saturated heterocycles. The molecule has 1 N–H and O–H groups in total. The fraction of sp³-hybridized carbons (Fsp3) is 0.650. The molecule has 3 rings (SSSR count). The number of benzene rings is 1. The standard InChI is InChI=1S/C20H31N3O2/c1-22-14-10-19(11-15-22)25-18-8-6-17(7-9-18)21-20(24)16-23-12-4-2-3-5-13-23/h6-9,19H,2-5,10-16H2,1H3,(H,21,24). The lowest BCUT2D eigenvalue weighted by atomic mass is 10.1. The van der Waals surface area contributed by atoms with Crippen molar-refractivity contribution >= 4 is 11.6 Å². The SMILES string of the molecule is CN1CCC(Oc2ccc(NC(=O)CN3CCCCCC3)cc2)CC1. The molecule has 2 aliphatic rings. The molecule has 2 fully saturated rings. The Hall–Kier alpha value is -1.59. The summed E-state index contributed by atoms with van der Waals surface area (Å²) in [6.07, 6.45) is 7.44. The van der Waals surface area contributed by atoms with Gasteiger partial charge in [0.05, 0.1) is 6.54 Å². The van der Waals surface area contributed by atoms with Crippen molar-refractivity contribution in [1.29, 1.82) is 0 Å². The summed E-state index contributed by atoms with van der Waals surface area (Å²) in [5, 5.41) is 3.00. The molecule has 5 heteroatoms. The third-order valence-electron chi connectivity index (χ3n) is 5.17. The number of nitrogens with zero attached hydrogens (tertiary/aromatic N) is 2. The van der Waals surface area contributed by atoms with E-state index in [1.54, 1.807) is 0 Å². The van der Waals surface area contributed by atoms with Crippen LogP contribution in [0.3, 0.4) is 0 Å². The Labute approximate surface area is 151 Å². The highest BCUT2D eigenvalue weighted by atomic mass is 16.5. The molecule has 1 amide bonds. The number of carbonyl (C=O) groups excluding carboxylic acids is 1. The third kappa shape index (κ3) is 6.01. The largest absolute Gasteiger partial charge is 0.490 e. The number of nitrogens with one attached hydrogen (secondary N) is 1. The molecule has 0 unspecified atom stereocenters. The van der Waals surface area contributed by atoms with Gasteiger partial charge in [0, 0.05) is 18.8 Å². The molecule has 0 aliphatic carbocycles. The lowest BCUT2D eigenvalue weighted by Gasteiger charge is -2.29. The van der Waals surface area contributed by atoms with Crippen LogP contribution in [0.4, 0.5) is 5.69 Å². The van der Waals surface area contributed by atoms with Gasteiger partial charge >= 0.3 is 0 Å². The van der Waals surface area contributed by atoms with E-state index in [0.29, 0.717) is 12.6 Å². The van der Waals surface area contributed by atoms with E-state index < -0.39 is 0 Å². The lowest BCUT2D eigenvalue weighted by Crippen LogP contribution is -2.35. The number of hydrogen-bond donors (Lipinski definition) is 1. The number of carbonyl (C=O) groups is 1. The Morgan fingerprint density at radius 3 is 2.32 bits per heavy atom. The average molecular weight is 345 g/mol. The Bertz CT molecular complexity index is 530. The summed E-state index contributed by atoms with van der Waals surface area (Å²) < 4.78 is 6.05. The van der Waals surface area contributed by atoms with Crippen LogP contribution in [0.15, 0.2) is 24.3 Å². The van der Waals surface area contributed by atoms with Crippen LogP contribution in [0, 0.1) is 0 Å². The fourth-order valence-electron chi connectivity index (χ4n) is 3.61. The van der Waals surface area contributed by atoms with Gasteiger partial charge in [-0.3, -0.25) is 9.69 Å². The van der Waals surface area contributed by atoms with Crippen molar-refractivity contribution in [2.24, 2.45) is 0 Å². The van der Waals surface area contributed by atoms with Gasteiger partial charge < -0.3 is 15.0 Å². The fourth-order valence-corrected chi connectivity index (χ4v) is 3.61. The average Bonchev–Trinajstić information content (AvgIpc) is 2.87. The maximum Gasteiger partial charge on any atom is 0.238 e. The number of piperidine rings is 1. The van der Waals surface area contributed by atoms with E-state index in [4.69, 9.17) is 4.74 Å². The van der Waals surface area contributed by atoms with Gasteiger partial charge in [-0.05, 0) is 70.1 Å². The van der Waals surface area contributed by atoms with Gasteiger partial charge in [0.15, 0.2) is 0 Å². The molecular weight excluding hydrogens is 314 g/mol. The Morgan fingerprint density at radius 2 is 1.68 bits per heavy atom. The molecule has 1 aromatic carbocycles. The van der Waals surface area contributed by atoms with Crippen LogP contribution in [0.1, 0.15) is 38.5 Å². The first kappa shape index (κ1) is 18.2. The van der Waals surface area contributed by atoms with Crippen molar-refractivity contribution in [3.05, 3.63) is 24.3 Å². The highest BCUT2D eigenvalue weighted by Crippen LogP contribution is 2.21. The van der Waals surface area contributed by atoms with Crippen molar-refractivity contribution < 1.29 is 9.53 Å². The quantitative estimate of drug-likeness (QED) is 0.891. The smallest absolute Gasteiger partial charge is 0.238 e. The Balaban J connectivity index is 1.44. The van der Waals surface area contributed by atoms with Crippen LogP contribution in [0.5, 0.6) is 5.75 Å². The second-order valence-electron chi connectivity index (χ2n) is 7.38. The predicted octanol–water partition coefficient (Wildman–Crippen LogP) is 2.97. The van der Waals surface area contributed by atoms with Crippen molar-refractivity contribution in [3.8, 4) is 5.75 Å². The minimum atomic E-state index is 0.0749. The number of rotatable bonds is 5. The van der Waals surface area contributed by atoms with Crippen molar-refractivity contribution in [3.63, 3.8) is 0 Å². The molecule has 5 nitrogen and oxygen atoms in total. The summed E-state index contributed by atoms with van der Waals surface area (Å²) in [6, 6.07) is 7.79. The van der Waals surface area contributed by atoms with Crippen LogP contribution in [0.2, 0.25) is 0 Å². The summed E-state index contributed by atoms with van der Waals surface area (Å²) in [4.78, 5) is 16.8. The van der Waals surface area contributed by atoms with Gasteiger partial charge in [0.25, 0.3) is 0 Å². The number of ether oxygens (including phenoxy) is 1. The topological polar surface area (TPSA) is 44.8 Å². The van der Waals surface area contributed by atoms with E-state index >= 15 is 0 Å². The molecule has 138 valence electrons. The predicted molar refractivity (Wildman–Crippen MR) is 101 cm³/mol. The van der Waals surface area contributed by atoms with E-state index in [9.17, 15) is 4.79 Å². The van der Waals surface area contributed by atoms with Gasteiger partial charge in [0.1, 0.15) is 11.9 Å². The summed E-state index contributed by atoms with van der Waals surface area (Å²) in [5.74, 6) is 0.964. The molecule has 0 saturated carbocycles. The Kier molecular flexibility index (Phi) is 6.70. The molecule has 0 radical (unpaired) electrons. The normalized spacial score (nSPS) is 20.8. The third-order valence-corrected chi connectivity index (χ3v) is 5.17. The first-order valence-corrected chi connectivity index (χ1v) is 9.66. The molecule has 1 aromatic rings. The van der Waals surface area contributed by atoms with Gasteiger partial charge in [0.2, 0.25) is 5.91 Å². The zero-order valence-electron chi connectivity index (χ0n) is 15.4. The summed E-state index contributed by atoms with van der Waals surface area (Å²) >= 11 is 0. The van der Waals surface area contributed by atoms with Gasteiger partial charge in [-0.15, -0.1) is 0 Å². The van der Waals surface area contributed by atoms with E-state index in [0.717, 1.165) is 50.5 Å². The van der Waals surface area contributed by atoms with Gasteiger partial charge in [-0.1, -0.05) is 12.8 Å². The number of anilines is 1. The molecule has 2 heterocycles. The van der Waals surface area contributed by atoms with Crippen molar-refractivity contribution in [1.82, 2.24) is 9.80 Å². The zero-order chi connectivity index (χ0) is 17.5. The first-order chi connectivity index (χ1) is 12.2. The molecule has 25 heavy (non-hydrogen) atoms. The summed E-state index contributed by atoms with van der Waals surface area (Å²) in [7, 11) is 2.15. The lowest BCUT2D eigenvalue weighted by molar-refractivity contribution is -0.117. The molecule has 2 aliphatic heterocycles. The van der Waals surface area contributed by atoms with E-state index in [1.807, 2.05) is 24.3 Å². The van der Waals surface area contributed by atoms with E-state index in [-0.39, 0.29) is 5.91 Å². The van der Waals surface area contributed by atoms with Gasteiger partial charge in [-0.2, -0.15) is 0 Å². The van der Waals surface area contributed by atoms with Gasteiger partial charge in [-0.25, -0.2) is 0 Å². The molecule has 0 bridgehead atoms. The molecule has 0 spiro atoms. The highest BCUT2D eigenvalue weighted by Gasteiger charge is 2.18. The molecular formula is C20H31N3O2. The van der Waals surface area contributed by atoms with Crippen molar-refractivity contribution in [2.75, 3.05) is 45.1 Å². The maximum atomic E-state index is 12.2. The molecule has 0 aromatic heterocycles. The molecule has 0 atom stereocenters. The first-order valence-electron chi connectivity index (χ1n) is 9.66. The minimum Gasteiger partial charge on any atom is -0.490 e. The number of amides is 1. The second kappa shape index (κ2) is 9.20. The second-order valence-corrected chi connectivity index (χ2v) is 7.38. The monoisotopic (exact) mass is 345 g/mol. The maximum absolute atomic E-state index is 12.2. The number of hydrogen-bond acceptors (Lipinski definition) is 4. The van der Waals surface area contributed by atoms with Crippen LogP contribution in [0.25, 0.3) is 0 Å². The van der Waals surface area contributed by atoms with Crippen LogP contribution in [-0.2, 0) is 4.79 Å². The summed E-state index contributed by atoms with van der Waals surface area (Å²) in [6.45, 7) is 4.76. The number of likely N-dealkylation sites (tertiary alicyclic amines) is 2. The van der Waals surface area contributed by atoms with E-state index in [1.165, 1.54) is 25.7 Å².